The third kappa shape index (κ3) is 6.16. The second-order valence-electron chi connectivity index (χ2n) is 6.33. The highest BCUT2D eigenvalue weighted by atomic mass is 35.5. The first kappa shape index (κ1) is 22.5. The summed E-state index contributed by atoms with van der Waals surface area (Å²) in [7, 11) is 1.42. The van der Waals surface area contributed by atoms with Crippen molar-refractivity contribution in [1.29, 1.82) is 0 Å². The molecule has 0 saturated heterocycles. The summed E-state index contributed by atoms with van der Waals surface area (Å²) in [5.41, 5.74) is 3.50. The topological polar surface area (TPSA) is 106 Å². The molecule has 3 rings (SSSR count). The molecule has 3 aromatic rings. The van der Waals surface area contributed by atoms with Crippen LogP contribution in [0.3, 0.4) is 0 Å². The van der Waals surface area contributed by atoms with Crippen molar-refractivity contribution >= 4 is 41.3 Å². The number of halogens is 1. The van der Waals surface area contributed by atoms with Crippen LogP contribution < -0.4 is 20.2 Å². The van der Waals surface area contributed by atoms with E-state index in [-0.39, 0.29) is 11.5 Å². The zero-order valence-corrected chi connectivity index (χ0v) is 17.6. The first-order valence-corrected chi connectivity index (χ1v) is 9.69. The van der Waals surface area contributed by atoms with Crippen LogP contribution in [0.2, 0.25) is 5.02 Å². The molecular weight excluding hydrogens is 434 g/mol. The fourth-order valence-electron chi connectivity index (χ4n) is 2.52. The molecule has 0 spiro atoms. The van der Waals surface area contributed by atoms with Crippen LogP contribution in [0.1, 0.15) is 15.9 Å². The van der Waals surface area contributed by atoms with Gasteiger partial charge in [0.05, 0.1) is 18.9 Å². The van der Waals surface area contributed by atoms with Gasteiger partial charge < -0.3 is 14.8 Å². The summed E-state index contributed by atoms with van der Waals surface area (Å²) >= 11 is 5.82. The van der Waals surface area contributed by atoms with E-state index in [1.807, 2.05) is 0 Å². The molecule has 0 unspecified atom stereocenters. The smallest absolute Gasteiger partial charge is 0.343 e. The minimum atomic E-state index is -0.925. The van der Waals surface area contributed by atoms with Gasteiger partial charge in [-0.25, -0.2) is 10.2 Å². The number of benzene rings is 3. The van der Waals surface area contributed by atoms with E-state index < -0.39 is 17.8 Å². The standard InChI is InChI=1S/C23H18ClN3O5/c1-31-20-13-15(7-12-19(20)32-23(30)16-8-10-17(24)11-9-16)14-25-27-22(29)21(28)26-18-5-3-2-4-6-18/h2-14H,1H3,(H,26,28)(H,27,29)/b25-14-. The van der Waals surface area contributed by atoms with Gasteiger partial charge in [-0.2, -0.15) is 5.10 Å². The Kier molecular flexibility index (Phi) is 7.55. The van der Waals surface area contributed by atoms with Gasteiger partial charge in [0.1, 0.15) is 0 Å². The maximum atomic E-state index is 12.3. The molecule has 0 atom stereocenters. The lowest BCUT2D eigenvalue weighted by Gasteiger charge is -2.10. The lowest BCUT2D eigenvalue weighted by molar-refractivity contribution is -0.136. The molecule has 0 aliphatic heterocycles. The number of amides is 2. The maximum Gasteiger partial charge on any atom is 0.343 e. The van der Waals surface area contributed by atoms with Crippen molar-refractivity contribution in [3.8, 4) is 11.5 Å². The number of carbonyl (C=O) groups excluding carboxylic acids is 3. The normalized spacial score (nSPS) is 10.4. The highest BCUT2D eigenvalue weighted by Crippen LogP contribution is 2.28. The quantitative estimate of drug-likeness (QED) is 0.195. The van der Waals surface area contributed by atoms with Gasteiger partial charge >= 0.3 is 17.8 Å². The maximum absolute atomic E-state index is 12.3. The van der Waals surface area contributed by atoms with Gasteiger partial charge in [0.15, 0.2) is 11.5 Å². The Morgan fingerprint density at radius 1 is 0.906 bits per heavy atom. The average Bonchev–Trinajstić information content (AvgIpc) is 2.80. The van der Waals surface area contributed by atoms with E-state index in [0.717, 1.165) is 0 Å². The number of nitrogens with zero attached hydrogens (tertiary/aromatic N) is 1. The van der Waals surface area contributed by atoms with E-state index in [9.17, 15) is 14.4 Å². The molecule has 8 nitrogen and oxygen atoms in total. The van der Waals surface area contributed by atoms with Gasteiger partial charge in [-0.3, -0.25) is 9.59 Å². The molecule has 0 aliphatic rings. The summed E-state index contributed by atoms with van der Waals surface area (Å²) in [6.45, 7) is 0. The van der Waals surface area contributed by atoms with E-state index >= 15 is 0 Å². The monoisotopic (exact) mass is 451 g/mol. The summed E-state index contributed by atoms with van der Waals surface area (Å²) in [5, 5.41) is 6.72. The minimum absolute atomic E-state index is 0.205. The third-order valence-electron chi connectivity index (χ3n) is 4.09. The molecule has 3 aromatic carbocycles. The Morgan fingerprint density at radius 2 is 1.62 bits per heavy atom. The fourth-order valence-corrected chi connectivity index (χ4v) is 2.65. The van der Waals surface area contributed by atoms with E-state index in [2.05, 4.69) is 15.8 Å². The van der Waals surface area contributed by atoms with E-state index in [4.69, 9.17) is 21.1 Å². The lowest BCUT2D eigenvalue weighted by atomic mass is 10.2. The second kappa shape index (κ2) is 10.7. The summed E-state index contributed by atoms with van der Waals surface area (Å²) in [5.74, 6) is -1.86. The van der Waals surface area contributed by atoms with Crippen molar-refractivity contribution < 1.29 is 23.9 Å². The van der Waals surface area contributed by atoms with Gasteiger partial charge in [-0.05, 0) is 60.2 Å². The molecule has 0 fully saturated rings. The summed E-state index contributed by atoms with van der Waals surface area (Å²) in [6, 6.07) is 19.5. The molecule has 0 aromatic heterocycles. The molecule has 0 aliphatic carbocycles. The van der Waals surface area contributed by atoms with E-state index in [0.29, 0.717) is 21.8 Å². The summed E-state index contributed by atoms with van der Waals surface area (Å²) in [6.07, 6.45) is 1.32. The molecular formula is C23H18ClN3O5. The van der Waals surface area contributed by atoms with Crippen LogP contribution in [0, 0.1) is 0 Å². The first-order valence-electron chi connectivity index (χ1n) is 9.31. The number of anilines is 1. The van der Waals surface area contributed by atoms with Crippen LogP contribution in [0.15, 0.2) is 77.9 Å². The summed E-state index contributed by atoms with van der Waals surface area (Å²) < 4.78 is 10.6. The highest BCUT2D eigenvalue weighted by Gasteiger charge is 2.14. The van der Waals surface area contributed by atoms with Crippen LogP contribution in [0.25, 0.3) is 0 Å². The van der Waals surface area contributed by atoms with Gasteiger partial charge in [0, 0.05) is 10.7 Å². The number of rotatable bonds is 6. The fraction of sp³-hybridized carbons (Fsp3) is 0.0435. The Morgan fingerprint density at radius 3 is 2.31 bits per heavy atom. The number of hydrogen-bond donors (Lipinski definition) is 2. The zero-order valence-electron chi connectivity index (χ0n) is 16.9. The highest BCUT2D eigenvalue weighted by molar-refractivity contribution is 6.39. The van der Waals surface area contributed by atoms with Crippen LogP contribution in [-0.2, 0) is 9.59 Å². The number of nitrogens with one attached hydrogen (secondary N) is 2. The SMILES string of the molecule is COc1cc(/C=N\NC(=O)C(=O)Nc2ccccc2)ccc1OC(=O)c1ccc(Cl)cc1. The van der Waals surface area contributed by atoms with Crippen molar-refractivity contribution in [3.05, 3.63) is 88.9 Å². The Balaban J connectivity index is 1.60. The lowest BCUT2D eigenvalue weighted by Crippen LogP contribution is -2.32. The van der Waals surface area contributed by atoms with Crippen molar-refractivity contribution in [2.45, 2.75) is 0 Å². The molecule has 0 bridgehead atoms. The van der Waals surface area contributed by atoms with Crippen LogP contribution in [0.4, 0.5) is 5.69 Å². The molecule has 0 radical (unpaired) electrons. The van der Waals surface area contributed by atoms with Crippen LogP contribution >= 0.6 is 11.6 Å². The van der Waals surface area contributed by atoms with E-state index in [1.54, 1.807) is 66.7 Å². The average molecular weight is 452 g/mol. The Hall–Kier alpha value is -4.17. The number of methoxy groups -OCH3 is 1. The van der Waals surface area contributed by atoms with Crippen molar-refractivity contribution in [1.82, 2.24) is 5.43 Å². The predicted molar refractivity (Wildman–Crippen MR) is 120 cm³/mol. The third-order valence-corrected chi connectivity index (χ3v) is 4.34. The molecule has 2 amide bonds. The van der Waals surface area contributed by atoms with Gasteiger partial charge in [0.25, 0.3) is 0 Å². The van der Waals surface area contributed by atoms with E-state index in [1.165, 1.54) is 19.4 Å². The van der Waals surface area contributed by atoms with Gasteiger partial charge in [-0.1, -0.05) is 29.8 Å². The van der Waals surface area contributed by atoms with Crippen molar-refractivity contribution in [2.24, 2.45) is 5.10 Å². The Bertz CT molecular complexity index is 1150. The van der Waals surface area contributed by atoms with Crippen LogP contribution in [0.5, 0.6) is 11.5 Å². The first-order chi connectivity index (χ1) is 15.5. The molecule has 162 valence electrons. The largest absolute Gasteiger partial charge is 0.493 e. The zero-order chi connectivity index (χ0) is 22.9. The molecule has 9 heteroatoms. The number of hydrazone groups is 1. The molecule has 0 heterocycles. The van der Waals surface area contributed by atoms with Gasteiger partial charge in [0.2, 0.25) is 0 Å². The number of ether oxygens (including phenoxy) is 2. The number of esters is 1. The van der Waals surface area contributed by atoms with Gasteiger partial charge in [-0.15, -0.1) is 0 Å². The number of carbonyl (C=O) groups is 3. The Labute approximate surface area is 188 Å². The molecule has 2 N–H and O–H groups in total. The molecule has 0 saturated carbocycles. The number of hydrogen-bond acceptors (Lipinski definition) is 6. The van der Waals surface area contributed by atoms with Crippen molar-refractivity contribution in [3.63, 3.8) is 0 Å². The number of para-hydroxylation sites is 1. The van der Waals surface area contributed by atoms with Crippen LogP contribution in [-0.4, -0.2) is 31.1 Å². The summed E-state index contributed by atoms with van der Waals surface area (Å²) in [4.78, 5) is 36.0. The minimum Gasteiger partial charge on any atom is -0.493 e. The second-order valence-corrected chi connectivity index (χ2v) is 6.76. The van der Waals surface area contributed by atoms with Crippen molar-refractivity contribution in [2.75, 3.05) is 12.4 Å². The molecule has 32 heavy (non-hydrogen) atoms. The predicted octanol–water partition coefficient (Wildman–Crippen LogP) is 3.66.